The van der Waals surface area contributed by atoms with Crippen LogP contribution >= 0.6 is 35.6 Å². The Morgan fingerprint density at radius 3 is 0.905 bits per heavy atom. The summed E-state index contributed by atoms with van der Waals surface area (Å²) >= 11 is -2.79. The average molecular weight is 1140 g/mol. The van der Waals surface area contributed by atoms with Crippen LogP contribution in [0.25, 0.3) is 0 Å². The van der Waals surface area contributed by atoms with Crippen LogP contribution in [0.15, 0.2) is 24.3 Å². The van der Waals surface area contributed by atoms with Gasteiger partial charge in [0.1, 0.15) is 0 Å². The summed E-state index contributed by atoms with van der Waals surface area (Å²) < 4.78 is 2.96. The SMILES string of the molecule is CCC(CC)c1cc(C(CC)CC)c(C[CH2][Sn]2([CH2]Cc3c(C([Si](C)(C)C)[Si](C)(C)C)cc(C([Si](C)(C)C)[Si](C)(C)C)cc3C([Si](C)(C)C)[Si](C)(C)C)[S]SS[S]2)c(C(CC)CC)c1. The Bertz CT molecular complexity index is 1630. The number of benzene rings is 2. The fraction of sp³-hybridized carbons (Fsp3) is 0.769. The maximum absolute atomic E-state index is 2.97. The molecule has 0 aromatic heterocycles. The fourth-order valence-electron chi connectivity index (χ4n) is 13.8. The van der Waals surface area contributed by atoms with Gasteiger partial charge in [-0.15, -0.1) is 0 Å². The van der Waals surface area contributed by atoms with Gasteiger partial charge in [0.2, 0.25) is 0 Å². The maximum atomic E-state index is 2.97. The van der Waals surface area contributed by atoms with Gasteiger partial charge < -0.3 is 0 Å². The molecule has 3 rings (SSSR count). The first-order chi connectivity index (χ1) is 28.8. The molecule has 362 valence electrons. The number of hydrogen-bond donors (Lipinski definition) is 0. The van der Waals surface area contributed by atoms with Crippen molar-refractivity contribution in [2.45, 2.75) is 253 Å². The zero-order valence-electron chi connectivity index (χ0n) is 46.0. The van der Waals surface area contributed by atoms with E-state index in [1.54, 1.807) is 27.8 Å². The summed E-state index contributed by atoms with van der Waals surface area (Å²) in [4.78, 5) is 0. The van der Waals surface area contributed by atoms with Crippen LogP contribution in [0.5, 0.6) is 0 Å². The first-order valence-corrected chi connectivity index (χ1v) is 63.1. The van der Waals surface area contributed by atoms with Crippen LogP contribution in [-0.4, -0.2) is 64.1 Å². The molecule has 0 atom stereocenters. The molecule has 1 aliphatic heterocycles. The van der Waals surface area contributed by atoms with E-state index in [4.69, 9.17) is 0 Å². The molecule has 2 aromatic carbocycles. The molecule has 2 aromatic rings. The zero-order valence-corrected chi connectivity index (χ0v) is 58.1. The summed E-state index contributed by atoms with van der Waals surface area (Å²) in [7, 11) is -0.141. The van der Waals surface area contributed by atoms with Gasteiger partial charge >= 0.3 is 421 Å². The van der Waals surface area contributed by atoms with Crippen LogP contribution < -0.4 is 0 Å². The van der Waals surface area contributed by atoms with Gasteiger partial charge in [0.15, 0.2) is 0 Å². The minimum absolute atomic E-state index is 0.668. The molecule has 1 heterocycles. The molecule has 0 N–H and O–H groups in total. The summed E-state index contributed by atoms with van der Waals surface area (Å²) in [5, 5.41) is 2.31. The Balaban J connectivity index is 2.44. The monoisotopic (exact) mass is 1140 g/mol. The summed E-state index contributed by atoms with van der Waals surface area (Å²) in [6, 6.07) is 11.5. The average Bonchev–Trinajstić information content (AvgIpc) is 3.57. The van der Waals surface area contributed by atoms with Gasteiger partial charge in [-0.2, -0.15) is 0 Å². The third-order valence-corrected chi connectivity index (χ3v) is 94.9. The molecule has 0 amide bonds. The fourth-order valence-corrected chi connectivity index (χ4v) is 124. The molecule has 0 unspecified atom stereocenters. The standard InChI is InChI=1S/C29H63Si6.C23H39.H2S4.Sn/c1-20-24-25(28(32(8,9)10)33(11,12)13)21-23(27(30(2,3)4)31(5,6)7)22-26(24)29(34(14,15)16)35(17,18)19;1-8-17(9-2)20-15-22(18(10-3)11-4)21(14-7)23(16-20)19(12-5)13-6;1-3-4-2;/h21-22,27-29H,1,20H2,2-19H3;15-19H,7-14H2,1-6H3;1-2H;/q;;;+2/p-2. The molecular weight excluding hydrogens is 1040 g/mol. The summed E-state index contributed by atoms with van der Waals surface area (Å²) in [5.74, 6) is 2.01. The van der Waals surface area contributed by atoms with Crippen LogP contribution in [-0.2, 0) is 12.8 Å². The molecule has 0 aliphatic carbocycles. The van der Waals surface area contributed by atoms with Crippen LogP contribution in [0, 0.1) is 0 Å². The van der Waals surface area contributed by atoms with Gasteiger partial charge in [0.05, 0.1) is 0 Å². The van der Waals surface area contributed by atoms with Crippen molar-refractivity contribution in [1.29, 1.82) is 0 Å². The van der Waals surface area contributed by atoms with Gasteiger partial charge in [-0.1, -0.05) is 0 Å². The van der Waals surface area contributed by atoms with Crippen molar-refractivity contribution >= 4 is 99.7 Å². The summed E-state index contributed by atoms with van der Waals surface area (Å²) in [6.45, 7) is 63.9. The molecule has 0 nitrogen and oxygen atoms in total. The van der Waals surface area contributed by atoms with Crippen molar-refractivity contribution in [2.24, 2.45) is 0 Å². The van der Waals surface area contributed by atoms with Gasteiger partial charge in [0.25, 0.3) is 0 Å². The molecule has 11 heteroatoms. The second-order valence-electron chi connectivity index (χ2n) is 26.6. The van der Waals surface area contributed by atoms with Gasteiger partial charge in [-0.05, 0) is 0 Å². The summed E-state index contributed by atoms with van der Waals surface area (Å²) in [6.07, 6.45) is 10.1. The van der Waals surface area contributed by atoms with E-state index in [1.165, 1.54) is 60.2 Å². The molecule has 1 aliphatic rings. The number of rotatable bonds is 24. The van der Waals surface area contributed by atoms with Crippen molar-refractivity contribution < 1.29 is 0 Å². The predicted molar refractivity (Wildman–Crippen MR) is 324 cm³/mol. The van der Waals surface area contributed by atoms with Gasteiger partial charge in [-0.3, -0.25) is 0 Å². The zero-order chi connectivity index (χ0) is 48.3. The topological polar surface area (TPSA) is 0 Å². The van der Waals surface area contributed by atoms with Gasteiger partial charge in [-0.25, -0.2) is 0 Å². The third kappa shape index (κ3) is 15.2. The Morgan fingerprint density at radius 2 is 0.635 bits per heavy atom. The summed E-state index contributed by atoms with van der Waals surface area (Å²) in [5.41, 5.74) is 14.4. The predicted octanol–water partition coefficient (Wildman–Crippen LogP) is 20.8. The molecule has 63 heavy (non-hydrogen) atoms. The first-order valence-electron chi connectivity index (χ1n) is 25.8. The van der Waals surface area contributed by atoms with Crippen LogP contribution in [0.3, 0.4) is 0 Å². The van der Waals surface area contributed by atoms with Crippen molar-refractivity contribution in [1.82, 2.24) is 0 Å². The molecule has 0 spiro atoms. The van der Waals surface area contributed by atoms with Gasteiger partial charge in [0, 0.05) is 0 Å². The Morgan fingerprint density at radius 1 is 0.365 bits per heavy atom. The molecular formula is C52H102S4Si6Sn. The van der Waals surface area contributed by atoms with Crippen molar-refractivity contribution in [3.05, 3.63) is 68.8 Å². The quantitative estimate of drug-likeness (QED) is 0.0758. The van der Waals surface area contributed by atoms with Crippen molar-refractivity contribution in [3.8, 4) is 0 Å². The first kappa shape index (κ1) is 59.2. The second kappa shape index (κ2) is 23.4. The Labute approximate surface area is 417 Å². The van der Waals surface area contributed by atoms with Crippen molar-refractivity contribution in [2.75, 3.05) is 0 Å². The second-order valence-corrected chi connectivity index (χ2v) is 93.9. The van der Waals surface area contributed by atoms with Crippen molar-refractivity contribution in [3.63, 3.8) is 0 Å². The Kier molecular flexibility index (Phi) is 22.0. The van der Waals surface area contributed by atoms with E-state index >= 15 is 0 Å². The molecule has 0 bridgehead atoms. The Hall–Kier alpha value is 1.94. The van der Waals surface area contributed by atoms with E-state index in [2.05, 4.69) is 219 Å². The molecule has 1 fully saturated rings. The van der Waals surface area contributed by atoms with E-state index in [-0.39, 0.29) is 0 Å². The molecule has 0 saturated carbocycles. The van der Waals surface area contributed by atoms with Crippen LogP contribution in [0.1, 0.15) is 158 Å². The third-order valence-electron chi connectivity index (χ3n) is 15.1. The minimum atomic E-state index is -2.79. The van der Waals surface area contributed by atoms with E-state index in [0.29, 0.717) is 17.8 Å². The normalized spacial score (nSPS) is 16.0. The van der Waals surface area contributed by atoms with E-state index < -0.39 is 64.1 Å². The number of hydrogen-bond acceptors (Lipinski definition) is 4. The van der Waals surface area contributed by atoms with E-state index in [9.17, 15) is 0 Å². The van der Waals surface area contributed by atoms with Crippen LogP contribution in [0.4, 0.5) is 0 Å². The van der Waals surface area contributed by atoms with E-state index in [1.807, 2.05) is 16.7 Å². The van der Waals surface area contributed by atoms with E-state index in [0.717, 1.165) is 15.5 Å². The molecule has 0 radical (unpaired) electrons. The van der Waals surface area contributed by atoms with Crippen LogP contribution in [0.2, 0.25) is 127 Å². The molecule has 1 saturated heterocycles.